The second kappa shape index (κ2) is 7.97. The Balaban J connectivity index is 1.59. The Kier molecular flexibility index (Phi) is 5.61. The lowest BCUT2D eigenvalue weighted by molar-refractivity contribution is -0.122. The minimum atomic E-state index is -9.78. The van der Waals surface area contributed by atoms with E-state index in [0.717, 1.165) is 55.5 Å². The van der Waals surface area contributed by atoms with E-state index in [0.29, 0.717) is 43.8 Å². The van der Waals surface area contributed by atoms with Crippen molar-refractivity contribution in [1.82, 2.24) is 4.98 Å². The molecule has 0 amide bonds. The zero-order valence-electron chi connectivity index (χ0n) is 23.1. The second-order valence-corrected chi connectivity index (χ2v) is 15.6. The van der Waals surface area contributed by atoms with E-state index >= 15 is 0 Å². The highest BCUT2D eigenvalue weighted by Crippen LogP contribution is 3.02. The van der Waals surface area contributed by atoms with Crippen molar-refractivity contribution in [2.75, 3.05) is 13.2 Å². The Morgan fingerprint density at radius 1 is 0.974 bits per heavy atom. The molecule has 0 N–H and O–H groups in total. The van der Waals surface area contributed by atoms with Crippen LogP contribution in [-0.4, -0.2) is 18.2 Å². The molecule has 216 valence electrons. The first-order valence-electron chi connectivity index (χ1n) is 14.1. The summed E-state index contributed by atoms with van der Waals surface area (Å²) in [4.78, 5) is 3.49. The van der Waals surface area contributed by atoms with Gasteiger partial charge in [-0.1, -0.05) is 65.7 Å². The van der Waals surface area contributed by atoms with Crippen molar-refractivity contribution in [3.05, 3.63) is 57.9 Å². The zero-order valence-corrected chi connectivity index (χ0v) is 23.9. The van der Waals surface area contributed by atoms with E-state index in [4.69, 9.17) is 14.5 Å². The van der Waals surface area contributed by atoms with Gasteiger partial charge in [-0.15, -0.1) is 0 Å². The summed E-state index contributed by atoms with van der Waals surface area (Å²) in [6.45, 7) is 9.97. The number of hydrogen-bond acceptors (Lipinski definition) is 3. The molecule has 6 rings (SSSR count). The second-order valence-electron chi connectivity index (χ2n) is 13.2. The van der Waals surface area contributed by atoms with Crippen molar-refractivity contribution in [2.24, 2.45) is 5.41 Å². The van der Waals surface area contributed by atoms with Gasteiger partial charge in [-0.25, -0.2) is 0 Å². The average molecular weight is 572 g/mol. The van der Waals surface area contributed by atoms with Gasteiger partial charge < -0.3 is 9.47 Å². The Hall–Kier alpha value is -1.71. The minimum Gasteiger partial charge on any atom is -0.381 e. The van der Waals surface area contributed by atoms with Crippen LogP contribution in [0.4, 0.5) is 19.4 Å². The summed E-state index contributed by atoms with van der Waals surface area (Å²) in [6, 6.07) is 3.37. The highest BCUT2D eigenvalue weighted by atomic mass is 32.5. The molecule has 0 radical (unpaired) electrons. The van der Waals surface area contributed by atoms with Crippen molar-refractivity contribution in [3.8, 4) is 0 Å². The average Bonchev–Trinajstić information content (AvgIpc) is 3.51. The molecule has 9 heteroatoms. The third kappa shape index (κ3) is 4.60. The fourth-order valence-corrected chi connectivity index (χ4v) is 8.35. The van der Waals surface area contributed by atoms with E-state index in [1.807, 2.05) is 0 Å². The van der Waals surface area contributed by atoms with Gasteiger partial charge in [0.2, 0.25) is 0 Å². The van der Waals surface area contributed by atoms with E-state index in [9.17, 15) is 19.4 Å². The molecule has 2 aliphatic carbocycles. The number of benzene rings is 1. The summed E-state index contributed by atoms with van der Waals surface area (Å²) in [7, 11) is -9.78. The Labute approximate surface area is 227 Å². The van der Waals surface area contributed by atoms with Gasteiger partial charge in [-0.2, -0.15) is 0 Å². The van der Waals surface area contributed by atoms with Gasteiger partial charge >= 0.3 is 10.2 Å². The lowest BCUT2D eigenvalue weighted by Gasteiger charge is -2.42. The minimum absolute atomic E-state index is 0.0519. The Morgan fingerprint density at radius 2 is 1.62 bits per heavy atom. The largest absolute Gasteiger partial charge is 0.381 e. The van der Waals surface area contributed by atoms with Crippen molar-refractivity contribution in [3.63, 3.8) is 0 Å². The van der Waals surface area contributed by atoms with Crippen LogP contribution in [-0.2, 0) is 26.9 Å². The van der Waals surface area contributed by atoms with Crippen LogP contribution in [0.3, 0.4) is 0 Å². The van der Waals surface area contributed by atoms with Crippen LogP contribution in [0.5, 0.6) is 0 Å². The van der Waals surface area contributed by atoms with E-state index in [-0.39, 0.29) is 16.7 Å². The maximum Gasteiger partial charge on any atom is 0.310 e. The summed E-state index contributed by atoms with van der Waals surface area (Å²) < 4.78 is 80.3. The molecule has 1 aromatic carbocycles. The van der Waals surface area contributed by atoms with Crippen molar-refractivity contribution >= 4 is 10.2 Å². The molecule has 39 heavy (non-hydrogen) atoms. The number of rotatable bonds is 5. The number of pyridine rings is 1. The zero-order chi connectivity index (χ0) is 28.1. The predicted octanol–water partition coefficient (Wildman–Crippen LogP) is 9.77. The first kappa shape index (κ1) is 27.5. The normalized spacial score (nSPS) is 26.9. The van der Waals surface area contributed by atoms with Gasteiger partial charge in [0.1, 0.15) is 11.0 Å². The van der Waals surface area contributed by atoms with Crippen molar-refractivity contribution < 1.29 is 28.9 Å². The highest BCUT2D eigenvalue weighted by molar-refractivity contribution is 8.45. The van der Waals surface area contributed by atoms with Crippen molar-refractivity contribution in [1.29, 1.82) is 0 Å². The molecule has 2 aliphatic heterocycles. The summed E-state index contributed by atoms with van der Waals surface area (Å²) in [5.74, 6) is 0.124. The number of halogens is 5. The van der Waals surface area contributed by atoms with E-state index in [1.165, 1.54) is 23.3 Å². The molecule has 2 atom stereocenters. The molecule has 1 saturated carbocycles. The molecule has 1 saturated heterocycles. The smallest absolute Gasteiger partial charge is 0.310 e. The van der Waals surface area contributed by atoms with Crippen LogP contribution in [0.2, 0.25) is 0 Å². The van der Waals surface area contributed by atoms with Gasteiger partial charge in [-0.05, 0) is 77.7 Å². The first-order chi connectivity index (χ1) is 18.0. The van der Waals surface area contributed by atoms with Crippen LogP contribution >= 0.6 is 10.2 Å². The SMILES string of the molecule is CCCC(C)c1nc2c(c3c1[C@@H](c1ccc(S(F)(F)(F)(F)F)cc1)OC31CCOCC1)C1(CC1)CC(C)(C)C2. The number of nitrogens with zero attached hydrogens (tertiary/aromatic N) is 1. The molecule has 3 heterocycles. The molecule has 2 aromatic rings. The quantitative estimate of drug-likeness (QED) is 0.335. The molecule has 0 bridgehead atoms. The van der Waals surface area contributed by atoms with Crippen molar-refractivity contribution in [2.45, 2.75) is 107 Å². The third-order valence-electron chi connectivity index (χ3n) is 9.36. The molecule has 4 aliphatic rings. The van der Waals surface area contributed by atoms with Gasteiger partial charge in [0.25, 0.3) is 0 Å². The molecular weight excluding hydrogens is 533 g/mol. The maximum atomic E-state index is 13.5. The topological polar surface area (TPSA) is 31.4 Å². The van der Waals surface area contributed by atoms with Gasteiger partial charge in [0, 0.05) is 37.3 Å². The molecule has 1 aromatic heterocycles. The Morgan fingerprint density at radius 3 is 2.18 bits per heavy atom. The van der Waals surface area contributed by atoms with Crippen LogP contribution in [0, 0.1) is 5.41 Å². The lowest BCUT2D eigenvalue weighted by atomic mass is 9.64. The van der Waals surface area contributed by atoms with Gasteiger partial charge in [0.15, 0.2) is 0 Å². The number of aromatic nitrogens is 1. The van der Waals surface area contributed by atoms with Gasteiger partial charge in [-0.3, -0.25) is 4.98 Å². The molecular formula is C30H38F5NO2S. The summed E-state index contributed by atoms with van der Waals surface area (Å²) in [5, 5.41) is 0. The van der Waals surface area contributed by atoms with E-state index in [2.05, 4.69) is 27.7 Å². The number of fused-ring (bicyclic) bond motifs is 5. The lowest BCUT2D eigenvalue weighted by Crippen LogP contribution is -2.39. The van der Waals surface area contributed by atoms with Gasteiger partial charge in [0.05, 0.1) is 11.3 Å². The Bertz CT molecular complexity index is 1310. The van der Waals surface area contributed by atoms with E-state index in [1.54, 1.807) is 0 Å². The maximum absolute atomic E-state index is 13.5. The summed E-state index contributed by atoms with van der Waals surface area (Å²) in [5.41, 5.74) is 5.55. The fourth-order valence-electron chi connectivity index (χ4n) is 7.70. The van der Waals surface area contributed by atoms with Crippen LogP contribution < -0.4 is 0 Å². The van der Waals surface area contributed by atoms with E-state index < -0.39 is 26.8 Å². The van der Waals surface area contributed by atoms with Crippen LogP contribution in [0.1, 0.15) is 118 Å². The standard InChI is InChI=1S/C30H38F5NO2S/c1-5-6-19(2)26-23-25(24-22(36-26)17-28(3,4)18-29(24)11-12-29)30(13-15-37-16-14-30)38-27(23)20-7-9-21(10-8-20)39(31,32,33,34)35/h7-10,19,27H,5-6,11-18H2,1-4H3/t19?,27-/m1/s1. The number of hydrogen-bond donors (Lipinski definition) is 0. The predicted molar refractivity (Wildman–Crippen MR) is 143 cm³/mol. The van der Waals surface area contributed by atoms with Crippen LogP contribution in [0.25, 0.3) is 0 Å². The van der Waals surface area contributed by atoms with Crippen LogP contribution in [0.15, 0.2) is 29.2 Å². The highest BCUT2D eigenvalue weighted by Gasteiger charge is 2.65. The summed E-state index contributed by atoms with van der Waals surface area (Å²) in [6.07, 6.45) is 6.65. The summed E-state index contributed by atoms with van der Waals surface area (Å²) >= 11 is 0. The first-order valence-corrected chi connectivity index (χ1v) is 16.1. The number of ether oxygens (including phenoxy) is 2. The fraction of sp³-hybridized carbons (Fsp3) is 0.633. The molecule has 1 unspecified atom stereocenters. The molecule has 2 spiro atoms. The third-order valence-corrected chi connectivity index (χ3v) is 10.5. The molecule has 3 nitrogen and oxygen atoms in total. The monoisotopic (exact) mass is 571 g/mol. The molecule has 2 fully saturated rings.